The van der Waals surface area contributed by atoms with Crippen molar-refractivity contribution in [3.63, 3.8) is 0 Å². The van der Waals surface area contributed by atoms with E-state index in [1.54, 1.807) is 0 Å². The molecule has 1 N–H and O–H groups in total. The summed E-state index contributed by atoms with van der Waals surface area (Å²) in [5.74, 6) is 1.05. The molecule has 22 heavy (non-hydrogen) atoms. The minimum absolute atomic E-state index is 0.159. The zero-order chi connectivity index (χ0) is 16.5. The molecule has 2 rings (SSSR count). The van der Waals surface area contributed by atoms with Gasteiger partial charge in [0.05, 0.1) is 0 Å². The molecule has 0 radical (unpaired) electrons. The van der Waals surface area contributed by atoms with E-state index >= 15 is 0 Å². The van der Waals surface area contributed by atoms with Crippen LogP contribution in [0.15, 0.2) is 4.99 Å². The molecule has 2 saturated heterocycles. The summed E-state index contributed by atoms with van der Waals surface area (Å²) in [7, 11) is 4.10. The first-order chi connectivity index (χ1) is 10.2. The number of nitrogens with zero attached hydrogens (tertiary/aromatic N) is 4. The van der Waals surface area contributed by atoms with Crippen molar-refractivity contribution in [2.75, 3.05) is 53.4 Å². The molecule has 0 aromatic heterocycles. The van der Waals surface area contributed by atoms with Crippen LogP contribution in [0.25, 0.3) is 0 Å². The van der Waals surface area contributed by atoms with Gasteiger partial charge in [0.15, 0.2) is 5.96 Å². The largest absolute Gasteiger partial charge is 0.355 e. The predicted octanol–water partition coefficient (Wildman–Crippen LogP) is 1.32. The topological polar surface area (TPSA) is 34.1 Å². The van der Waals surface area contributed by atoms with Crippen LogP contribution in [-0.4, -0.2) is 85.6 Å². The van der Waals surface area contributed by atoms with Gasteiger partial charge in [-0.25, -0.2) is 0 Å². The summed E-state index contributed by atoms with van der Waals surface area (Å²) in [6, 6.07) is 0.544. The lowest BCUT2D eigenvalue weighted by Crippen LogP contribution is -2.72. The number of aliphatic imine (C=N–C) groups is 1. The molecule has 0 aromatic rings. The second kappa shape index (κ2) is 6.36. The average molecular weight is 310 g/mol. The Hall–Kier alpha value is -0.810. The van der Waals surface area contributed by atoms with Gasteiger partial charge in [-0.2, -0.15) is 0 Å². The fraction of sp³-hybridized carbons (Fsp3) is 0.941. The summed E-state index contributed by atoms with van der Waals surface area (Å²) in [6.07, 6.45) is 0. The van der Waals surface area contributed by atoms with Crippen LogP contribution in [0.2, 0.25) is 0 Å². The maximum atomic E-state index is 4.51. The molecule has 0 bridgehead atoms. The summed E-state index contributed by atoms with van der Waals surface area (Å²) < 4.78 is 0. The number of hydrogen-bond acceptors (Lipinski definition) is 3. The third-order valence-corrected chi connectivity index (χ3v) is 6.07. The summed E-state index contributed by atoms with van der Waals surface area (Å²) in [5.41, 5.74) is 0.500. The van der Waals surface area contributed by atoms with Crippen molar-refractivity contribution in [1.82, 2.24) is 20.0 Å². The van der Waals surface area contributed by atoms with Crippen molar-refractivity contribution in [3.05, 3.63) is 0 Å². The molecule has 0 aliphatic carbocycles. The molecule has 0 amide bonds. The van der Waals surface area contributed by atoms with Crippen LogP contribution < -0.4 is 5.32 Å². The van der Waals surface area contributed by atoms with Gasteiger partial charge in [-0.05, 0) is 27.8 Å². The van der Waals surface area contributed by atoms with E-state index in [-0.39, 0.29) is 5.54 Å². The van der Waals surface area contributed by atoms with Crippen LogP contribution in [0.5, 0.6) is 0 Å². The Morgan fingerprint density at radius 3 is 2.18 bits per heavy atom. The molecule has 2 aliphatic heterocycles. The van der Waals surface area contributed by atoms with Crippen molar-refractivity contribution in [2.45, 2.75) is 46.2 Å². The highest BCUT2D eigenvalue weighted by atomic mass is 15.4. The molecule has 2 aliphatic rings. The first kappa shape index (κ1) is 17.5. The van der Waals surface area contributed by atoms with E-state index in [1.807, 2.05) is 7.05 Å². The molecule has 2 fully saturated rings. The van der Waals surface area contributed by atoms with Gasteiger partial charge in [0.2, 0.25) is 0 Å². The second-order valence-corrected chi connectivity index (χ2v) is 8.15. The Bertz CT molecular complexity index is 407. The lowest BCUT2D eigenvalue weighted by atomic mass is 9.65. The third kappa shape index (κ3) is 3.25. The first-order valence-electron chi connectivity index (χ1n) is 8.60. The summed E-state index contributed by atoms with van der Waals surface area (Å²) in [6.45, 7) is 18.3. The molecular formula is C17H35N5. The summed E-state index contributed by atoms with van der Waals surface area (Å²) in [5, 5.41) is 3.59. The van der Waals surface area contributed by atoms with E-state index < -0.39 is 0 Å². The Kier molecular flexibility index (Phi) is 5.07. The number of nitrogens with one attached hydrogen (secondary N) is 1. The van der Waals surface area contributed by atoms with Gasteiger partial charge >= 0.3 is 0 Å². The van der Waals surface area contributed by atoms with Crippen LogP contribution >= 0.6 is 0 Å². The van der Waals surface area contributed by atoms with Crippen molar-refractivity contribution < 1.29 is 0 Å². The van der Waals surface area contributed by atoms with E-state index in [0.717, 1.165) is 19.0 Å². The van der Waals surface area contributed by atoms with E-state index in [0.29, 0.717) is 11.5 Å². The van der Waals surface area contributed by atoms with Crippen molar-refractivity contribution in [2.24, 2.45) is 10.4 Å². The minimum atomic E-state index is 0.159. The lowest BCUT2D eigenvalue weighted by molar-refractivity contribution is -0.0669. The SMILES string of the molecule is CN=C(NCC(C)N1CCN(C)CC1)N1CC(C)(C)C1(C)C. The standard InChI is InChI=1S/C17H35N5/c1-14(21-10-8-20(7)9-11-21)12-19-15(18-6)22-13-16(2,3)17(22,4)5/h14H,8-13H2,1-7H3,(H,18,19). The number of guanidine groups is 1. The summed E-state index contributed by atoms with van der Waals surface area (Å²) >= 11 is 0. The maximum Gasteiger partial charge on any atom is 0.194 e. The number of rotatable bonds is 3. The fourth-order valence-electron chi connectivity index (χ4n) is 3.33. The molecule has 1 atom stereocenters. The number of piperazine rings is 1. The average Bonchev–Trinajstić information content (AvgIpc) is 2.47. The van der Waals surface area contributed by atoms with Gasteiger partial charge < -0.3 is 15.1 Å². The molecule has 5 heteroatoms. The Morgan fingerprint density at radius 2 is 1.73 bits per heavy atom. The highest BCUT2D eigenvalue weighted by molar-refractivity contribution is 5.82. The van der Waals surface area contributed by atoms with Gasteiger partial charge in [0.1, 0.15) is 0 Å². The van der Waals surface area contributed by atoms with Gasteiger partial charge in [-0.15, -0.1) is 0 Å². The third-order valence-electron chi connectivity index (χ3n) is 6.07. The Morgan fingerprint density at radius 1 is 1.14 bits per heavy atom. The minimum Gasteiger partial charge on any atom is -0.355 e. The van der Waals surface area contributed by atoms with Gasteiger partial charge in [-0.3, -0.25) is 9.89 Å². The number of hydrogen-bond donors (Lipinski definition) is 1. The van der Waals surface area contributed by atoms with Crippen molar-refractivity contribution in [1.29, 1.82) is 0 Å². The van der Waals surface area contributed by atoms with Gasteiger partial charge in [-0.1, -0.05) is 13.8 Å². The van der Waals surface area contributed by atoms with Crippen LogP contribution in [0.3, 0.4) is 0 Å². The van der Waals surface area contributed by atoms with E-state index in [2.05, 4.69) is 66.7 Å². The molecule has 5 nitrogen and oxygen atoms in total. The second-order valence-electron chi connectivity index (χ2n) is 8.15. The number of likely N-dealkylation sites (N-methyl/N-ethyl adjacent to an activating group) is 1. The Labute approximate surface area is 136 Å². The van der Waals surface area contributed by atoms with E-state index in [9.17, 15) is 0 Å². The van der Waals surface area contributed by atoms with E-state index in [4.69, 9.17) is 0 Å². The van der Waals surface area contributed by atoms with E-state index in [1.165, 1.54) is 26.2 Å². The lowest BCUT2D eigenvalue weighted by Gasteiger charge is -2.62. The molecular weight excluding hydrogens is 274 g/mol. The van der Waals surface area contributed by atoms with Gasteiger partial charge in [0.25, 0.3) is 0 Å². The van der Waals surface area contributed by atoms with Crippen LogP contribution in [0, 0.1) is 5.41 Å². The van der Waals surface area contributed by atoms with Crippen LogP contribution in [0.1, 0.15) is 34.6 Å². The molecule has 128 valence electrons. The van der Waals surface area contributed by atoms with Gasteiger partial charge in [0, 0.05) is 63.3 Å². The first-order valence-corrected chi connectivity index (χ1v) is 8.60. The monoisotopic (exact) mass is 309 g/mol. The molecule has 2 heterocycles. The van der Waals surface area contributed by atoms with Crippen LogP contribution in [-0.2, 0) is 0 Å². The smallest absolute Gasteiger partial charge is 0.194 e. The normalized spacial score (nSPS) is 27.4. The maximum absolute atomic E-state index is 4.51. The highest BCUT2D eigenvalue weighted by Gasteiger charge is 2.53. The molecule has 0 spiro atoms. The van der Waals surface area contributed by atoms with Crippen LogP contribution in [0.4, 0.5) is 0 Å². The Balaban J connectivity index is 1.85. The van der Waals surface area contributed by atoms with Crippen molar-refractivity contribution >= 4 is 5.96 Å². The zero-order valence-electron chi connectivity index (χ0n) is 15.6. The molecule has 0 aromatic carbocycles. The number of likely N-dealkylation sites (tertiary alicyclic amines) is 1. The predicted molar refractivity (Wildman–Crippen MR) is 94.5 cm³/mol. The molecule has 0 saturated carbocycles. The highest BCUT2D eigenvalue weighted by Crippen LogP contribution is 2.46. The zero-order valence-corrected chi connectivity index (χ0v) is 15.6. The van der Waals surface area contributed by atoms with Crippen molar-refractivity contribution in [3.8, 4) is 0 Å². The summed E-state index contributed by atoms with van der Waals surface area (Å²) in [4.78, 5) is 11.9. The fourth-order valence-corrected chi connectivity index (χ4v) is 3.33. The molecule has 1 unspecified atom stereocenters. The quantitative estimate of drug-likeness (QED) is 0.630.